The van der Waals surface area contributed by atoms with E-state index in [1.807, 2.05) is 0 Å². The van der Waals surface area contributed by atoms with Gasteiger partial charge in [-0.2, -0.15) is 11.8 Å². The molecule has 1 heterocycles. The smallest absolute Gasteiger partial charge is 0.0332 e. The molecule has 2 unspecified atom stereocenters. The number of hydrogen-bond acceptors (Lipinski definition) is 3. The van der Waals surface area contributed by atoms with Gasteiger partial charge in [-0.15, -0.1) is 0 Å². The predicted molar refractivity (Wildman–Crippen MR) is 95.2 cm³/mol. The largest absolute Gasteiger partial charge is 0.310 e. The number of rotatable bonds is 7. The molecule has 1 saturated heterocycles. The zero-order valence-electron chi connectivity index (χ0n) is 13.8. The highest BCUT2D eigenvalue weighted by molar-refractivity contribution is 7.99. The number of hydrogen-bond donors (Lipinski definition) is 1. The van der Waals surface area contributed by atoms with E-state index in [1.165, 1.54) is 49.4 Å². The summed E-state index contributed by atoms with van der Waals surface area (Å²) in [6.07, 6.45) is 2.40. The molecule has 1 N–H and O–H groups in total. The number of benzene rings is 1. The summed E-state index contributed by atoms with van der Waals surface area (Å²) in [4.78, 5) is 2.64. The van der Waals surface area contributed by atoms with Gasteiger partial charge < -0.3 is 10.2 Å². The van der Waals surface area contributed by atoms with Crippen molar-refractivity contribution in [1.29, 1.82) is 0 Å². The van der Waals surface area contributed by atoms with Crippen molar-refractivity contribution in [2.75, 3.05) is 31.9 Å². The van der Waals surface area contributed by atoms with Gasteiger partial charge in [-0.25, -0.2) is 0 Å². The van der Waals surface area contributed by atoms with Crippen molar-refractivity contribution in [3.05, 3.63) is 35.4 Å². The fourth-order valence-electron chi connectivity index (χ4n) is 3.00. The van der Waals surface area contributed by atoms with Crippen molar-refractivity contribution in [3.63, 3.8) is 0 Å². The van der Waals surface area contributed by atoms with Gasteiger partial charge in [0.15, 0.2) is 0 Å². The van der Waals surface area contributed by atoms with E-state index in [4.69, 9.17) is 0 Å². The molecule has 2 atom stereocenters. The summed E-state index contributed by atoms with van der Waals surface area (Å²) >= 11 is 2.11. The van der Waals surface area contributed by atoms with E-state index >= 15 is 0 Å². The highest BCUT2D eigenvalue weighted by Crippen LogP contribution is 2.22. The minimum absolute atomic E-state index is 0.495. The Morgan fingerprint density at radius 1 is 1.43 bits per heavy atom. The van der Waals surface area contributed by atoms with Crippen LogP contribution in [-0.2, 0) is 0 Å². The maximum atomic E-state index is 3.73. The zero-order valence-corrected chi connectivity index (χ0v) is 14.6. The quantitative estimate of drug-likeness (QED) is 0.823. The number of nitrogens with zero attached hydrogens (tertiary/aromatic N) is 1. The molecule has 0 aromatic heterocycles. The van der Waals surface area contributed by atoms with Gasteiger partial charge >= 0.3 is 0 Å². The second kappa shape index (κ2) is 8.82. The summed E-state index contributed by atoms with van der Waals surface area (Å²) in [6.45, 7) is 11.6. The van der Waals surface area contributed by atoms with Gasteiger partial charge in [0.05, 0.1) is 0 Å². The number of nitrogens with one attached hydrogen (secondary N) is 1. The Bertz CT molecular complexity index is 421. The molecule has 0 saturated carbocycles. The first-order valence-electron chi connectivity index (χ1n) is 8.33. The molecule has 0 amide bonds. The maximum absolute atomic E-state index is 3.73. The first kappa shape index (κ1) is 16.9. The third-order valence-electron chi connectivity index (χ3n) is 4.14. The van der Waals surface area contributed by atoms with Gasteiger partial charge in [0.25, 0.3) is 0 Å². The van der Waals surface area contributed by atoms with E-state index in [1.54, 1.807) is 0 Å². The average Bonchev–Trinajstić information content (AvgIpc) is 2.47. The first-order valence-corrected chi connectivity index (χ1v) is 9.38. The van der Waals surface area contributed by atoms with Crippen molar-refractivity contribution >= 4 is 11.8 Å². The first-order chi connectivity index (χ1) is 10.2. The van der Waals surface area contributed by atoms with Crippen molar-refractivity contribution in [3.8, 4) is 0 Å². The van der Waals surface area contributed by atoms with E-state index < -0.39 is 0 Å². The molecular weight excluding hydrogens is 276 g/mol. The van der Waals surface area contributed by atoms with Crippen LogP contribution in [0, 0.1) is 6.92 Å². The van der Waals surface area contributed by atoms with Crippen LogP contribution in [0.15, 0.2) is 24.3 Å². The van der Waals surface area contributed by atoms with Crippen molar-refractivity contribution in [1.82, 2.24) is 10.2 Å². The summed E-state index contributed by atoms with van der Waals surface area (Å²) in [5.41, 5.74) is 2.81. The summed E-state index contributed by atoms with van der Waals surface area (Å²) in [6, 6.07) is 9.47. The molecule has 0 spiro atoms. The van der Waals surface area contributed by atoms with Crippen molar-refractivity contribution in [2.24, 2.45) is 0 Å². The summed E-state index contributed by atoms with van der Waals surface area (Å²) < 4.78 is 0. The standard InChI is InChI=1S/C18H30N2S/c1-4-9-19-18(17-7-5-6-15(2)13-17)8-10-20-11-12-21-16(3)14-20/h5-7,13,16,18-19H,4,8-12,14H2,1-3H3. The van der Waals surface area contributed by atoms with E-state index in [0.717, 1.165) is 11.8 Å². The monoisotopic (exact) mass is 306 g/mol. The van der Waals surface area contributed by atoms with E-state index in [-0.39, 0.29) is 0 Å². The molecule has 0 bridgehead atoms. The van der Waals surface area contributed by atoms with Crippen LogP contribution in [0.2, 0.25) is 0 Å². The Balaban J connectivity index is 1.92. The minimum Gasteiger partial charge on any atom is -0.310 e. The van der Waals surface area contributed by atoms with Crippen molar-refractivity contribution < 1.29 is 0 Å². The van der Waals surface area contributed by atoms with E-state index in [2.05, 4.69) is 67.0 Å². The summed E-state index contributed by atoms with van der Waals surface area (Å²) in [5.74, 6) is 1.29. The van der Waals surface area contributed by atoms with E-state index in [9.17, 15) is 0 Å². The minimum atomic E-state index is 0.495. The number of thioether (sulfide) groups is 1. The highest BCUT2D eigenvalue weighted by atomic mass is 32.2. The van der Waals surface area contributed by atoms with E-state index in [0.29, 0.717) is 6.04 Å². The van der Waals surface area contributed by atoms with Crippen molar-refractivity contribution in [2.45, 2.75) is 44.9 Å². The Morgan fingerprint density at radius 2 is 2.29 bits per heavy atom. The molecule has 3 heteroatoms. The van der Waals surface area contributed by atoms with Gasteiger partial charge in [-0.1, -0.05) is 43.7 Å². The van der Waals surface area contributed by atoms with Crippen LogP contribution in [0.1, 0.15) is 43.9 Å². The SMILES string of the molecule is CCCNC(CCN1CCSC(C)C1)c1cccc(C)c1. The van der Waals surface area contributed by atoms with Crippen LogP contribution in [0.25, 0.3) is 0 Å². The molecule has 1 aliphatic rings. The van der Waals surface area contributed by atoms with Gasteiger partial charge in [-0.3, -0.25) is 0 Å². The van der Waals surface area contributed by atoms with Gasteiger partial charge in [-0.05, 0) is 31.9 Å². The van der Waals surface area contributed by atoms with Crippen LogP contribution in [0.5, 0.6) is 0 Å². The van der Waals surface area contributed by atoms with Gasteiger partial charge in [0, 0.05) is 36.7 Å². The lowest BCUT2D eigenvalue weighted by molar-refractivity contribution is 0.267. The lowest BCUT2D eigenvalue weighted by Gasteiger charge is -2.32. The van der Waals surface area contributed by atoms with Gasteiger partial charge in [0.2, 0.25) is 0 Å². The van der Waals surface area contributed by atoms with Crippen LogP contribution >= 0.6 is 11.8 Å². The maximum Gasteiger partial charge on any atom is 0.0332 e. The molecule has 118 valence electrons. The molecule has 21 heavy (non-hydrogen) atoms. The third kappa shape index (κ3) is 5.65. The molecule has 0 radical (unpaired) electrons. The molecular formula is C18H30N2S. The zero-order chi connectivity index (χ0) is 15.1. The molecule has 0 aliphatic carbocycles. The molecule has 1 aliphatic heterocycles. The molecule has 1 fully saturated rings. The van der Waals surface area contributed by atoms with Gasteiger partial charge in [0.1, 0.15) is 0 Å². The Morgan fingerprint density at radius 3 is 3.00 bits per heavy atom. The Kier molecular flexibility index (Phi) is 7.08. The predicted octanol–water partition coefficient (Wildman–Crippen LogP) is 3.86. The second-order valence-corrected chi connectivity index (χ2v) is 7.74. The van der Waals surface area contributed by atoms with Crippen LogP contribution in [-0.4, -0.2) is 42.1 Å². The fourth-order valence-corrected chi connectivity index (χ4v) is 4.08. The second-order valence-electron chi connectivity index (χ2n) is 6.19. The van der Waals surface area contributed by atoms with Crippen LogP contribution in [0.4, 0.5) is 0 Å². The normalized spacial score (nSPS) is 21.4. The number of aryl methyl sites for hydroxylation is 1. The summed E-state index contributed by atoms with van der Waals surface area (Å²) in [7, 11) is 0. The molecule has 1 aromatic carbocycles. The fraction of sp³-hybridized carbons (Fsp3) is 0.667. The lowest BCUT2D eigenvalue weighted by Crippen LogP contribution is -2.38. The molecule has 1 aromatic rings. The molecule has 2 nitrogen and oxygen atoms in total. The van der Waals surface area contributed by atoms with Crippen LogP contribution in [0.3, 0.4) is 0 Å². The Hall–Kier alpha value is -0.510. The third-order valence-corrected chi connectivity index (χ3v) is 5.28. The topological polar surface area (TPSA) is 15.3 Å². The van der Waals surface area contributed by atoms with Crippen LogP contribution < -0.4 is 5.32 Å². The Labute approximate surface area is 134 Å². The highest BCUT2D eigenvalue weighted by Gasteiger charge is 2.18. The average molecular weight is 307 g/mol. The lowest BCUT2D eigenvalue weighted by atomic mass is 10.0. The molecule has 2 rings (SSSR count). The summed E-state index contributed by atoms with van der Waals surface area (Å²) in [5, 5.41) is 4.52.